The summed E-state index contributed by atoms with van der Waals surface area (Å²) in [5.41, 5.74) is -2.97. The average molecular weight is 465 g/mol. The van der Waals surface area contributed by atoms with Gasteiger partial charge in [0, 0.05) is 29.6 Å². The highest BCUT2D eigenvalue weighted by Crippen LogP contribution is 2.76. The molecule has 6 nitrogen and oxygen atoms in total. The Morgan fingerprint density at radius 3 is 2.50 bits per heavy atom. The number of hydrogen-bond acceptors (Lipinski definition) is 6. The van der Waals surface area contributed by atoms with Crippen molar-refractivity contribution < 1.29 is 29.3 Å². The third-order valence-corrected chi connectivity index (χ3v) is 9.27. The first-order chi connectivity index (χ1) is 15.9. The maximum atomic E-state index is 13.0. The highest BCUT2D eigenvalue weighted by atomic mass is 16.6. The first kappa shape index (κ1) is 23.2. The predicted octanol–water partition coefficient (Wildman–Crippen LogP) is 2.96. The Kier molecular flexibility index (Phi) is 4.92. The van der Waals surface area contributed by atoms with Crippen LogP contribution in [0.3, 0.4) is 0 Å². The van der Waals surface area contributed by atoms with Crippen LogP contribution in [0.2, 0.25) is 0 Å². The third-order valence-electron chi connectivity index (χ3n) is 9.27. The van der Waals surface area contributed by atoms with Crippen molar-refractivity contribution >= 4 is 18.0 Å². The van der Waals surface area contributed by atoms with Gasteiger partial charge in [0.05, 0.1) is 12.0 Å². The number of benzene rings is 1. The van der Waals surface area contributed by atoms with Crippen molar-refractivity contribution in [3.63, 3.8) is 0 Å². The second kappa shape index (κ2) is 7.22. The summed E-state index contributed by atoms with van der Waals surface area (Å²) in [5, 5.41) is 23.8. The molecule has 4 aliphatic rings. The zero-order valence-corrected chi connectivity index (χ0v) is 20.1. The zero-order valence-electron chi connectivity index (χ0n) is 20.1. The maximum absolute atomic E-state index is 13.0. The van der Waals surface area contributed by atoms with Crippen LogP contribution in [0.25, 0.3) is 0 Å². The van der Waals surface area contributed by atoms with Crippen molar-refractivity contribution in [3.8, 4) is 0 Å². The van der Waals surface area contributed by atoms with E-state index in [0.717, 1.165) is 5.56 Å². The number of rotatable bonds is 4. The third kappa shape index (κ3) is 2.85. The first-order valence-corrected chi connectivity index (χ1v) is 12.0. The van der Waals surface area contributed by atoms with Gasteiger partial charge in [0.15, 0.2) is 5.78 Å². The van der Waals surface area contributed by atoms with E-state index in [0.29, 0.717) is 23.9 Å². The van der Waals surface area contributed by atoms with Gasteiger partial charge in [0.2, 0.25) is 0 Å². The quantitative estimate of drug-likeness (QED) is 0.525. The van der Waals surface area contributed by atoms with E-state index in [1.165, 1.54) is 0 Å². The van der Waals surface area contributed by atoms with Crippen LogP contribution in [0.1, 0.15) is 46.1 Å². The van der Waals surface area contributed by atoms with Crippen LogP contribution in [0.4, 0.5) is 0 Å². The Hall–Kier alpha value is -2.57. The average Bonchev–Trinajstić information content (AvgIpc) is 3.18. The number of fused-ring (bicyclic) bond motifs is 5. The fourth-order valence-electron chi connectivity index (χ4n) is 7.51. The van der Waals surface area contributed by atoms with Gasteiger partial charge in [-0.2, -0.15) is 0 Å². The van der Waals surface area contributed by atoms with Crippen LogP contribution in [0.5, 0.6) is 0 Å². The number of ketones is 1. The van der Waals surface area contributed by atoms with Gasteiger partial charge in [0.25, 0.3) is 0 Å². The van der Waals surface area contributed by atoms with Gasteiger partial charge in [0.1, 0.15) is 17.5 Å². The van der Waals surface area contributed by atoms with Gasteiger partial charge in [-0.3, -0.25) is 14.4 Å². The molecule has 0 amide bonds. The minimum Gasteiger partial charge on any atom is -0.458 e. The summed E-state index contributed by atoms with van der Waals surface area (Å²) in [7, 11) is 0. The van der Waals surface area contributed by atoms with Crippen LogP contribution in [0.15, 0.2) is 53.6 Å². The first-order valence-electron chi connectivity index (χ1n) is 12.0. The molecule has 34 heavy (non-hydrogen) atoms. The second-order valence-corrected chi connectivity index (χ2v) is 11.4. The summed E-state index contributed by atoms with van der Waals surface area (Å²) >= 11 is 0. The fraction of sp³-hybridized carbons (Fsp3) is 0.536. The molecule has 5 rings (SSSR count). The summed E-state index contributed by atoms with van der Waals surface area (Å²) in [5.74, 6) is -2.79. The van der Waals surface area contributed by atoms with Crippen LogP contribution >= 0.6 is 0 Å². The Morgan fingerprint density at radius 1 is 1.18 bits per heavy atom. The molecule has 0 bridgehead atoms. The summed E-state index contributed by atoms with van der Waals surface area (Å²) in [6.07, 6.45) is 4.51. The van der Waals surface area contributed by atoms with Crippen LogP contribution in [-0.4, -0.2) is 45.1 Å². The standard InChI is InChI=1S/C28H32O6/c1-16-10-21-26(32,24(16)31)14-19(15-29)11-20-23-25(3,4)27(23,13-17(2)28(20,21)33)34-22(30)12-18-8-6-5-7-9-18/h5-11,15,17,20-21,23,32-33H,12-14H2,1-4H3/t17-,20+,21-,23-,26-,27+,28-/m1/s1. The molecular formula is C28H32O6. The monoisotopic (exact) mass is 464 g/mol. The molecule has 4 aliphatic carbocycles. The maximum Gasteiger partial charge on any atom is 0.310 e. The smallest absolute Gasteiger partial charge is 0.310 e. The van der Waals surface area contributed by atoms with Gasteiger partial charge in [-0.15, -0.1) is 0 Å². The molecule has 1 aromatic rings. The molecule has 7 atom stereocenters. The molecule has 0 spiro atoms. The van der Waals surface area contributed by atoms with Crippen molar-refractivity contribution in [1.82, 2.24) is 0 Å². The van der Waals surface area contributed by atoms with E-state index < -0.39 is 45.8 Å². The SMILES string of the molecule is CC1=C[C@H]2[C@@]3(O)[C@H](C)C[C@]4(OC(=O)Cc5ccccc5)[C@H]([C@@H]3C=C(C=O)C[C@]2(O)C1=O)C4(C)C. The summed E-state index contributed by atoms with van der Waals surface area (Å²) in [6, 6.07) is 9.42. The Labute approximate surface area is 199 Å². The van der Waals surface area contributed by atoms with Crippen molar-refractivity contribution in [2.75, 3.05) is 0 Å². The van der Waals surface area contributed by atoms with Crippen molar-refractivity contribution in [1.29, 1.82) is 0 Å². The van der Waals surface area contributed by atoms with E-state index in [-0.39, 0.29) is 24.7 Å². The van der Waals surface area contributed by atoms with Crippen molar-refractivity contribution in [2.24, 2.45) is 29.1 Å². The van der Waals surface area contributed by atoms with Crippen LogP contribution < -0.4 is 0 Å². The molecule has 180 valence electrons. The lowest BCUT2D eigenvalue weighted by Crippen LogP contribution is -2.61. The van der Waals surface area contributed by atoms with E-state index in [4.69, 9.17) is 4.74 Å². The van der Waals surface area contributed by atoms with Crippen LogP contribution in [0, 0.1) is 29.1 Å². The molecule has 2 N–H and O–H groups in total. The highest BCUT2D eigenvalue weighted by Gasteiger charge is 2.83. The molecule has 0 unspecified atom stereocenters. The van der Waals surface area contributed by atoms with Gasteiger partial charge < -0.3 is 14.9 Å². The van der Waals surface area contributed by atoms with E-state index in [2.05, 4.69) is 0 Å². The second-order valence-electron chi connectivity index (χ2n) is 11.4. The molecular weight excluding hydrogens is 432 g/mol. The van der Waals surface area contributed by atoms with Crippen molar-refractivity contribution in [2.45, 2.75) is 63.8 Å². The number of aldehydes is 1. The number of Topliss-reactive ketones (excluding diaryl/α,β-unsaturated/α-hetero) is 1. The number of aliphatic hydroxyl groups is 2. The number of carbonyl (C=O) groups excluding carboxylic acids is 3. The van der Waals surface area contributed by atoms with Gasteiger partial charge in [-0.1, -0.05) is 63.3 Å². The predicted molar refractivity (Wildman–Crippen MR) is 124 cm³/mol. The molecule has 2 fully saturated rings. The normalized spacial score (nSPS) is 41.8. The molecule has 0 aromatic heterocycles. The van der Waals surface area contributed by atoms with Gasteiger partial charge in [-0.25, -0.2) is 0 Å². The summed E-state index contributed by atoms with van der Waals surface area (Å²) < 4.78 is 6.21. The minimum atomic E-state index is -1.85. The summed E-state index contributed by atoms with van der Waals surface area (Å²) in [4.78, 5) is 37.9. The lowest BCUT2D eigenvalue weighted by atomic mass is 9.60. The molecule has 1 aromatic carbocycles. The highest BCUT2D eigenvalue weighted by molar-refractivity contribution is 6.05. The molecule has 0 aliphatic heterocycles. The minimum absolute atomic E-state index is 0.132. The number of carbonyl (C=O) groups is 3. The van der Waals surface area contributed by atoms with E-state index in [1.54, 1.807) is 19.1 Å². The van der Waals surface area contributed by atoms with E-state index >= 15 is 0 Å². The number of ether oxygens (including phenoxy) is 1. The van der Waals surface area contributed by atoms with E-state index in [9.17, 15) is 24.6 Å². The Balaban J connectivity index is 1.54. The van der Waals surface area contributed by atoms with Gasteiger partial charge >= 0.3 is 5.97 Å². The van der Waals surface area contributed by atoms with E-state index in [1.807, 2.05) is 51.1 Å². The van der Waals surface area contributed by atoms with Gasteiger partial charge in [-0.05, 0) is 36.0 Å². The van der Waals surface area contributed by atoms with Crippen molar-refractivity contribution in [3.05, 3.63) is 59.2 Å². The topological polar surface area (TPSA) is 101 Å². The summed E-state index contributed by atoms with van der Waals surface area (Å²) in [6.45, 7) is 7.58. The molecule has 2 saturated carbocycles. The molecule has 6 heteroatoms. The lowest BCUT2D eigenvalue weighted by Gasteiger charge is -2.50. The number of esters is 1. The molecule has 0 saturated heterocycles. The Bertz CT molecular complexity index is 1130. The Morgan fingerprint density at radius 2 is 1.85 bits per heavy atom. The number of hydrogen-bond donors (Lipinski definition) is 2. The van der Waals surface area contributed by atoms with Crippen LogP contribution in [-0.2, 0) is 25.5 Å². The fourth-order valence-corrected chi connectivity index (χ4v) is 7.51. The molecule has 0 heterocycles. The molecule has 0 radical (unpaired) electrons. The zero-order chi connectivity index (χ0) is 24.7. The lowest BCUT2D eigenvalue weighted by molar-refractivity contribution is -0.186. The largest absolute Gasteiger partial charge is 0.458 e.